The van der Waals surface area contributed by atoms with E-state index in [1.807, 2.05) is 13.8 Å². The monoisotopic (exact) mass is 213 g/mol. The van der Waals surface area contributed by atoms with Gasteiger partial charge in [0.15, 0.2) is 0 Å². The van der Waals surface area contributed by atoms with Crippen molar-refractivity contribution in [3.05, 3.63) is 0 Å². The molecule has 1 rings (SSSR count). The molecular weight excluding hydrogens is 194 g/mol. The fourth-order valence-corrected chi connectivity index (χ4v) is 1.57. The molecule has 4 heteroatoms. The minimum absolute atomic E-state index is 0.00894. The Kier molecular flexibility index (Phi) is 4.12. The molecule has 1 aliphatic carbocycles. The van der Waals surface area contributed by atoms with Crippen molar-refractivity contribution in [1.29, 1.82) is 0 Å². The zero-order valence-corrected chi connectivity index (χ0v) is 9.58. The third-order valence-electron chi connectivity index (χ3n) is 2.90. The van der Waals surface area contributed by atoms with E-state index in [-0.39, 0.29) is 23.7 Å². The van der Waals surface area contributed by atoms with E-state index >= 15 is 0 Å². The molecule has 1 atom stereocenters. The summed E-state index contributed by atoms with van der Waals surface area (Å²) >= 11 is 0. The lowest BCUT2D eigenvalue weighted by atomic mass is 9.84. The molecule has 0 saturated heterocycles. The number of ether oxygens (including phenoxy) is 1. The van der Waals surface area contributed by atoms with Crippen molar-refractivity contribution in [3.63, 3.8) is 0 Å². The SMILES string of the molecule is COC(=O)[C@H](NC(=O)C1CCC1)C(C)C. The smallest absolute Gasteiger partial charge is 0.328 e. The molecule has 1 fully saturated rings. The van der Waals surface area contributed by atoms with E-state index in [9.17, 15) is 9.59 Å². The Balaban J connectivity index is 2.49. The number of amides is 1. The summed E-state index contributed by atoms with van der Waals surface area (Å²) in [7, 11) is 1.34. The Labute approximate surface area is 90.4 Å². The summed E-state index contributed by atoms with van der Waals surface area (Å²) < 4.78 is 4.65. The fourth-order valence-electron chi connectivity index (χ4n) is 1.57. The van der Waals surface area contributed by atoms with Gasteiger partial charge in [-0.15, -0.1) is 0 Å². The van der Waals surface area contributed by atoms with E-state index in [1.54, 1.807) is 0 Å². The second-order valence-corrected chi connectivity index (χ2v) is 4.38. The van der Waals surface area contributed by atoms with E-state index < -0.39 is 6.04 Å². The zero-order valence-electron chi connectivity index (χ0n) is 9.58. The third kappa shape index (κ3) is 2.94. The molecule has 0 aliphatic heterocycles. The molecule has 0 aromatic rings. The lowest BCUT2D eigenvalue weighted by Crippen LogP contribution is -2.48. The van der Waals surface area contributed by atoms with Gasteiger partial charge in [-0.05, 0) is 18.8 Å². The maximum atomic E-state index is 11.6. The summed E-state index contributed by atoms with van der Waals surface area (Å²) in [5.41, 5.74) is 0. The minimum atomic E-state index is -0.511. The van der Waals surface area contributed by atoms with Gasteiger partial charge in [-0.1, -0.05) is 20.3 Å². The van der Waals surface area contributed by atoms with Crippen LogP contribution in [0.5, 0.6) is 0 Å². The van der Waals surface area contributed by atoms with Crippen LogP contribution in [0.25, 0.3) is 0 Å². The molecule has 15 heavy (non-hydrogen) atoms. The predicted octanol–water partition coefficient (Wildman–Crippen LogP) is 1.10. The van der Waals surface area contributed by atoms with Crippen LogP contribution >= 0.6 is 0 Å². The highest BCUT2D eigenvalue weighted by molar-refractivity contribution is 5.86. The topological polar surface area (TPSA) is 55.4 Å². The van der Waals surface area contributed by atoms with Crippen molar-refractivity contribution in [2.75, 3.05) is 7.11 Å². The quantitative estimate of drug-likeness (QED) is 0.711. The van der Waals surface area contributed by atoms with Crippen LogP contribution in [0.2, 0.25) is 0 Å². The van der Waals surface area contributed by atoms with Gasteiger partial charge in [0.25, 0.3) is 0 Å². The van der Waals surface area contributed by atoms with E-state index in [0.717, 1.165) is 19.3 Å². The number of carbonyl (C=O) groups is 2. The molecule has 4 nitrogen and oxygen atoms in total. The van der Waals surface area contributed by atoms with Gasteiger partial charge >= 0.3 is 5.97 Å². The first kappa shape index (κ1) is 12.0. The first-order chi connectivity index (χ1) is 7.06. The zero-order chi connectivity index (χ0) is 11.4. The molecule has 0 spiro atoms. The summed E-state index contributed by atoms with van der Waals surface area (Å²) in [5, 5.41) is 2.76. The largest absolute Gasteiger partial charge is 0.467 e. The van der Waals surface area contributed by atoms with Crippen molar-refractivity contribution in [1.82, 2.24) is 5.32 Å². The summed E-state index contributed by atoms with van der Waals surface area (Å²) in [4.78, 5) is 23.0. The first-order valence-electron chi connectivity index (χ1n) is 5.44. The molecule has 0 radical (unpaired) electrons. The molecule has 1 aliphatic rings. The van der Waals surface area contributed by atoms with Crippen molar-refractivity contribution in [2.24, 2.45) is 11.8 Å². The lowest BCUT2D eigenvalue weighted by Gasteiger charge is -2.27. The van der Waals surface area contributed by atoms with Gasteiger partial charge in [-0.25, -0.2) is 4.79 Å². The second kappa shape index (κ2) is 5.14. The van der Waals surface area contributed by atoms with Crippen LogP contribution in [-0.4, -0.2) is 25.0 Å². The molecule has 0 aromatic heterocycles. The molecule has 86 valence electrons. The predicted molar refractivity (Wildman–Crippen MR) is 56.1 cm³/mol. The Morgan fingerprint density at radius 3 is 2.27 bits per heavy atom. The number of hydrogen-bond donors (Lipinski definition) is 1. The molecular formula is C11H19NO3. The van der Waals surface area contributed by atoms with Crippen LogP contribution in [0, 0.1) is 11.8 Å². The van der Waals surface area contributed by atoms with Crippen LogP contribution in [0.3, 0.4) is 0 Å². The summed E-state index contributed by atoms with van der Waals surface area (Å²) in [6, 6.07) is -0.511. The highest BCUT2D eigenvalue weighted by Crippen LogP contribution is 2.26. The van der Waals surface area contributed by atoms with Gasteiger partial charge in [0.1, 0.15) is 6.04 Å². The standard InChI is InChI=1S/C11H19NO3/c1-7(2)9(11(14)15-3)12-10(13)8-5-4-6-8/h7-9H,4-6H2,1-3H3,(H,12,13)/t9-/m1/s1. The molecule has 1 N–H and O–H groups in total. The average Bonchev–Trinajstić information content (AvgIpc) is 2.09. The number of esters is 1. The van der Waals surface area contributed by atoms with E-state index in [0.29, 0.717) is 0 Å². The van der Waals surface area contributed by atoms with Crippen LogP contribution in [0.15, 0.2) is 0 Å². The van der Waals surface area contributed by atoms with Gasteiger partial charge < -0.3 is 10.1 Å². The van der Waals surface area contributed by atoms with Crippen molar-refractivity contribution >= 4 is 11.9 Å². The number of methoxy groups -OCH3 is 1. The van der Waals surface area contributed by atoms with Crippen molar-refractivity contribution in [3.8, 4) is 0 Å². The number of rotatable bonds is 4. The Morgan fingerprint density at radius 2 is 1.93 bits per heavy atom. The average molecular weight is 213 g/mol. The van der Waals surface area contributed by atoms with Gasteiger partial charge in [-0.3, -0.25) is 4.79 Å². The molecule has 0 bridgehead atoms. The summed E-state index contributed by atoms with van der Waals surface area (Å²) in [6.07, 6.45) is 3.00. The first-order valence-corrected chi connectivity index (χ1v) is 5.44. The van der Waals surface area contributed by atoms with Crippen LogP contribution in [-0.2, 0) is 14.3 Å². The number of nitrogens with one attached hydrogen (secondary N) is 1. The highest BCUT2D eigenvalue weighted by atomic mass is 16.5. The van der Waals surface area contributed by atoms with E-state index in [2.05, 4.69) is 10.1 Å². The van der Waals surface area contributed by atoms with Crippen LogP contribution < -0.4 is 5.32 Å². The van der Waals surface area contributed by atoms with Gasteiger partial charge in [-0.2, -0.15) is 0 Å². The Bertz CT molecular complexity index is 246. The van der Waals surface area contributed by atoms with Gasteiger partial charge in [0, 0.05) is 5.92 Å². The fraction of sp³-hybridized carbons (Fsp3) is 0.818. The Morgan fingerprint density at radius 1 is 1.33 bits per heavy atom. The second-order valence-electron chi connectivity index (χ2n) is 4.38. The highest BCUT2D eigenvalue weighted by Gasteiger charge is 2.30. The van der Waals surface area contributed by atoms with Crippen molar-refractivity contribution < 1.29 is 14.3 Å². The molecule has 0 heterocycles. The minimum Gasteiger partial charge on any atom is -0.467 e. The van der Waals surface area contributed by atoms with Gasteiger partial charge in [0.05, 0.1) is 7.11 Å². The maximum absolute atomic E-state index is 11.6. The van der Waals surface area contributed by atoms with Crippen LogP contribution in [0.1, 0.15) is 33.1 Å². The van der Waals surface area contributed by atoms with Gasteiger partial charge in [0.2, 0.25) is 5.91 Å². The summed E-state index contributed by atoms with van der Waals surface area (Å²) in [6.45, 7) is 3.78. The van der Waals surface area contributed by atoms with E-state index in [1.165, 1.54) is 7.11 Å². The van der Waals surface area contributed by atoms with Crippen LogP contribution in [0.4, 0.5) is 0 Å². The maximum Gasteiger partial charge on any atom is 0.328 e. The Hall–Kier alpha value is -1.06. The lowest BCUT2D eigenvalue weighted by molar-refractivity contribution is -0.147. The summed E-state index contributed by atoms with van der Waals surface area (Å²) in [5.74, 6) is -0.208. The molecule has 1 saturated carbocycles. The molecule has 1 amide bonds. The van der Waals surface area contributed by atoms with E-state index in [4.69, 9.17) is 0 Å². The molecule has 0 aromatic carbocycles. The number of hydrogen-bond acceptors (Lipinski definition) is 3. The van der Waals surface area contributed by atoms with Crippen molar-refractivity contribution in [2.45, 2.75) is 39.2 Å². The normalized spacial score (nSPS) is 18.1. The molecule has 0 unspecified atom stereocenters. The third-order valence-corrected chi connectivity index (χ3v) is 2.90. The number of carbonyl (C=O) groups excluding carboxylic acids is 2.